The van der Waals surface area contributed by atoms with Crippen molar-refractivity contribution in [2.24, 2.45) is 11.3 Å². The van der Waals surface area contributed by atoms with E-state index in [4.69, 9.17) is 0 Å². The lowest BCUT2D eigenvalue weighted by atomic mass is 10.0. The SMILES string of the molecule is Cc1ccc(S(=O)(=O)N2CC[C@@]3(C[C@@H]3C(=O)N(C)Cc3ccccn3)C2)cc1F. The van der Waals surface area contributed by atoms with Crippen molar-refractivity contribution in [3.63, 3.8) is 0 Å². The first kappa shape index (κ1) is 20.0. The number of hydrogen-bond acceptors (Lipinski definition) is 4. The molecule has 1 aromatic carbocycles. The van der Waals surface area contributed by atoms with Crippen LogP contribution in [-0.4, -0.2) is 48.7 Å². The van der Waals surface area contributed by atoms with Crippen molar-refractivity contribution in [3.05, 3.63) is 59.7 Å². The summed E-state index contributed by atoms with van der Waals surface area (Å²) in [5.74, 6) is -0.682. The molecule has 1 aromatic heterocycles. The fraction of sp³-hybridized carbons (Fsp3) is 0.429. The summed E-state index contributed by atoms with van der Waals surface area (Å²) >= 11 is 0. The van der Waals surface area contributed by atoms with Gasteiger partial charge in [-0.25, -0.2) is 12.8 Å². The quantitative estimate of drug-likeness (QED) is 0.750. The van der Waals surface area contributed by atoms with Gasteiger partial charge in [-0.15, -0.1) is 0 Å². The summed E-state index contributed by atoms with van der Waals surface area (Å²) in [4.78, 5) is 18.7. The van der Waals surface area contributed by atoms with E-state index in [0.29, 0.717) is 38.0 Å². The normalized spacial score (nSPS) is 24.0. The van der Waals surface area contributed by atoms with E-state index in [9.17, 15) is 17.6 Å². The zero-order chi connectivity index (χ0) is 20.8. The third kappa shape index (κ3) is 3.67. The zero-order valence-corrected chi connectivity index (χ0v) is 17.3. The Balaban J connectivity index is 1.43. The van der Waals surface area contributed by atoms with Crippen molar-refractivity contribution in [3.8, 4) is 0 Å². The van der Waals surface area contributed by atoms with Gasteiger partial charge in [0, 0.05) is 32.3 Å². The summed E-state index contributed by atoms with van der Waals surface area (Å²) in [6.45, 7) is 2.68. The third-order valence-electron chi connectivity index (χ3n) is 6.12. The summed E-state index contributed by atoms with van der Waals surface area (Å²) in [6.07, 6.45) is 3.03. The van der Waals surface area contributed by atoms with Crippen LogP contribution in [-0.2, 0) is 21.4 Å². The Bertz CT molecular complexity index is 1040. The van der Waals surface area contributed by atoms with Gasteiger partial charge in [0.1, 0.15) is 5.82 Å². The number of carbonyl (C=O) groups excluding carboxylic acids is 1. The number of pyridine rings is 1. The maximum atomic E-state index is 13.9. The van der Waals surface area contributed by atoms with E-state index in [1.807, 2.05) is 18.2 Å². The standard InChI is InChI=1S/C21H24FN3O3S/c1-15-6-7-17(11-19(15)22)29(27,28)25-10-8-21(14-25)12-18(21)20(26)24(2)13-16-5-3-4-9-23-16/h3-7,9,11,18H,8,10,12-14H2,1-2H3/t18-,21-/m1/s1. The van der Waals surface area contributed by atoms with Gasteiger partial charge in [-0.3, -0.25) is 9.78 Å². The highest BCUT2D eigenvalue weighted by molar-refractivity contribution is 7.89. The molecular formula is C21H24FN3O3S. The van der Waals surface area contributed by atoms with Crippen LogP contribution in [0.25, 0.3) is 0 Å². The van der Waals surface area contributed by atoms with E-state index < -0.39 is 15.8 Å². The third-order valence-corrected chi connectivity index (χ3v) is 7.96. The Hall–Kier alpha value is -2.32. The molecule has 1 spiro atoms. The predicted molar refractivity (Wildman–Crippen MR) is 106 cm³/mol. The summed E-state index contributed by atoms with van der Waals surface area (Å²) in [5, 5.41) is 0. The average molecular weight is 418 g/mol. The molecule has 0 radical (unpaired) electrons. The van der Waals surface area contributed by atoms with Crippen LogP contribution < -0.4 is 0 Å². The second-order valence-corrected chi connectivity index (χ2v) is 10.1. The van der Waals surface area contributed by atoms with Crippen LogP contribution in [0, 0.1) is 24.1 Å². The molecule has 4 rings (SSSR count). The summed E-state index contributed by atoms with van der Waals surface area (Å²) in [7, 11) is -2.02. The van der Waals surface area contributed by atoms with Crippen LogP contribution in [0.5, 0.6) is 0 Å². The van der Waals surface area contributed by atoms with E-state index in [-0.39, 0.29) is 22.1 Å². The fourth-order valence-corrected chi connectivity index (χ4v) is 5.72. The Labute approximate surface area is 170 Å². The van der Waals surface area contributed by atoms with Gasteiger partial charge in [0.15, 0.2) is 0 Å². The number of rotatable bonds is 5. The summed E-state index contributed by atoms with van der Waals surface area (Å²) in [5.41, 5.74) is 0.923. The molecule has 1 aliphatic carbocycles. The first-order valence-electron chi connectivity index (χ1n) is 9.64. The van der Waals surface area contributed by atoms with E-state index in [1.165, 1.54) is 16.4 Å². The Kier molecular flexibility index (Phi) is 4.94. The van der Waals surface area contributed by atoms with Gasteiger partial charge in [-0.05, 0) is 55.0 Å². The molecule has 1 aliphatic heterocycles. The van der Waals surface area contributed by atoms with E-state index >= 15 is 0 Å². The molecule has 1 saturated carbocycles. The molecule has 1 amide bonds. The molecule has 2 aromatic rings. The zero-order valence-electron chi connectivity index (χ0n) is 16.5. The molecule has 2 atom stereocenters. The van der Waals surface area contributed by atoms with Gasteiger partial charge >= 0.3 is 0 Å². The molecule has 29 heavy (non-hydrogen) atoms. The van der Waals surface area contributed by atoms with Crippen molar-refractivity contribution in [1.29, 1.82) is 0 Å². The van der Waals surface area contributed by atoms with Crippen molar-refractivity contribution < 1.29 is 17.6 Å². The topological polar surface area (TPSA) is 70.6 Å². The number of aryl methyl sites for hydroxylation is 1. The molecule has 8 heteroatoms. The number of benzene rings is 1. The highest BCUT2D eigenvalue weighted by atomic mass is 32.2. The number of sulfonamides is 1. The molecule has 2 heterocycles. The molecule has 6 nitrogen and oxygen atoms in total. The van der Waals surface area contributed by atoms with E-state index in [1.54, 1.807) is 25.1 Å². The number of carbonyl (C=O) groups is 1. The van der Waals surface area contributed by atoms with Crippen LogP contribution in [0.4, 0.5) is 4.39 Å². The number of aromatic nitrogens is 1. The minimum atomic E-state index is -3.77. The van der Waals surface area contributed by atoms with Crippen LogP contribution in [0.3, 0.4) is 0 Å². The van der Waals surface area contributed by atoms with Crippen LogP contribution >= 0.6 is 0 Å². The highest BCUT2D eigenvalue weighted by Crippen LogP contribution is 2.59. The first-order chi connectivity index (χ1) is 13.7. The fourth-order valence-electron chi connectivity index (χ4n) is 4.17. The number of nitrogens with zero attached hydrogens (tertiary/aromatic N) is 3. The highest BCUT2D eigenvalue weighted by Gasteiger charge is 2.62. The first-order valence-corrected chi connectivity index (χ1v) is 11.1. The lowest BCUT2D eigenvalue weighted by Crippen LogP contribution is -2.32. The average Bonchev–Trinajstić information content (AvgIpc) is 3.22. The molecular weight excluding hydrogens is 393 g/mol. The van der Waals surface area contributed by atoms with Crippen molar-refractivity contribution in [2.75, 3.05) is 20.1 Å². The largest absolute Gasteiger partial charge is 0.340 e. The Morgan fingerprint density at radius 3 is 2.83 bits per heavy atom. The van der Waals surface area contributed by atoms with Crippen LogP contribution in [0.1, 0.15) is 24.1 Å². The van der Waals surface area contributed by atoms with Gasteiger partial charge in [0.25, 0.3) is 0 Å². The van der Waals surface area contributed by atoms with Crippen LogP contribution in [0.15, 0.2) is 47.5 Å². The number of amides is 1. The Morgan fingerprint density at radius 2 is 2.14 bits per heavy atom. The minimum Gasteiger partial charge on any atom is -0.340 e. The van der Waals surface area contributed by atoms with Gasteiger partial charge in [-0.2, -0.15) is 4.31 Å². The summed E-state index contributed by atoms with van der Waals surface area (Å²) in [6, 6.07) is 9.57. The maximum absolute atomic E-state index is 13.9. The molecule has 0 bridgehead atoms. The van der Waals surface area contributed by atoms with Gasteiger partial charge in [0.2, 0.25) is 15.9 Å². The van der Waals surface area contributed by atoms with Gasteiger partial charge in [-0.1, -0.05) is 12.1 Å². The molecule has 0 N–H and O–H groups in total. The predicted octanol–water partition coefficient (Wildman–Crippen LogP) is 2.59. The summed E-state index contributed by atoms with van der Waals surface area (Å²) < 4.78 is 41.1. The van der Waals surface area contributed by atoms with E-state index in [0.717, 1.165) is 11.8 Å². The smallest absolute Gasteiger partial charge is 0.243 e. The molecule has 2 aliphatic rings. The lowest BCUT2D eigenvalue weighted by molar-refractivity contribution is -0.132. The number of hydrogen-bond donors (Lipinski definition) is 0. The molecule has 2 fully saturated rings. The lowest BCUT2D eigenvalue weighted by Gasteiger charge is -2.19. The molecule has 154 valence electrons. The molecule has 0 unspecified atom stereocenters. The Morgan fingerprint density at radius 1 is 1.34 bits per heavy atom. The van der Waals surface area contributed by atoms with Crippen LogP contribution in [0.2, 0.25) is 0 Å². The second-order valence-electron chi connectivity index (χ2n) is 8.13. The van der Waals surface area contributed by atoms with E-state index in [2.05, 4.69) is 4.98 Å². The second kappa shape index (κ2) is 7.18. The van der Waals surface area contributed by atoms with Crippen molar-refractivity contribution >= 4 is 15.9 Å². The van der Waals surface area contributed by atoms with Gasteiger partial charge < -0.3 is 4.90 Å². The monoisotopic (exact) mass is 417 g/mol. The minimum absolute atomic E-state index is 0.0243. The van der Waals surface area contributed by atoms with Crippen molar-refractivity contribution in [1.82, 2.24) is 14.2 Å². The van der Waals surface area contributed by atoms with Gasteiger partial charge in [0.05, 0.1) is 17.1 Å². The van der Waals surface area contributed by atoms with Crippen molar-refractivity contribution in [2.45, 2.75) is 31.2 Å². The molecule has 1 saturated heterocycles. The maximum Gasteiger partial charge on any atom is 0.243 e. The number of halogens is 1.